The van der Waals surface area contributed by atoms with Gasteiger partial charge in [0.05, 0.1) is 12.7 Å². The first kappa shape index (κ1) is 12.6. The standard InChI is InChI=1S/C13H21N5O/c1-9-15-12(17-10-2-3-10)6-13(16-9)18-4-5-19-11(7-14)8-18/h6,10-11H,2-5,7-8,14H2,1H3,(H,15,16,17). The van der Waals surface area contributed by atoms with Gasteiger partial charge in [0.2, 0.25) is 0 Å². The van der Waals surface area contributed by atoms with Crippen LogP contribution in [-0.2, 0) is 4.74 Å². The summed E-state index contributed by atoms with van der Waals surface area (Å²) in [5.74, 6) is 2.70. The molecule has 1 aromatic heterocycles. The number of aromatic nitrogens is 2. The first-order chi connectivity index (χ1) is 9.24. The SMILES string of the molecule is Cc1nc(NC2CC2)cc(N2CCOC(CN)C2)n1. The van der Waals surface area contributed by atoms with Gasteiger partial charge in [-0.1, -0.05) is 0 Å². The zero-order valence-electron chi connectivity index (χ0n) is 11.3. The maximum absolute atomic E-state index is 5.68. The van der Waals surface area contributed by atoms with Gasteiger partial charge < -0.3 is 20.7 Å². The van der Waals surface area contributed by atoms with E-state index in [2.05, 4.69) is 20.2 Å². The molecular weight excluding hydrogens is 242 g/mol. The molecule has 0 bridgehead atoms. The highest BCUT2D eigenvalue weighted by Gasteiger charge is 2.24. The minimum Gasteiger partial charge on any atom is -0.373 e. The summed E-state index contributed by atoms with van der Waals surface area (Å²) in [7, 11) is 0. The van der Waals surface area contributed by atoms with Crippen LogP contribution in [0.25, 0.3) is 0 Å². The molecule has 0 amide bonds. The average Bonchev–Trinajstić information content (AvgIpc) is 3.22. The van der Waals surface area contributed by atoms with Gasteiger partial charge in [-0.3, -0.25) is 0 Å². The number of nitrogens with one attached hydrogen (secondary N) is 1. The van der Waals surface area contributed by atoms with Crippen molar-refractivity contribution in [3.05, 3.63) is 11.9 Å². The zero-order valence-corrected chi connectivity index (χ0v) is 11.3. The van der Waals surface area contributed by atoms with Crippen molar-refractivity contribution in [2.24, 2.45) is 5.73 Å². The van der Waals surface area contributed by atoms with Crippen molar-refractivity contribution in [2.75, 3.05) is 36.5 Å². The molecule has 1 aliphatic heterocycles. The molecule has 2 fully saturated rings. The van der Waals surface area contributed by atoms with Gasteiger partial charge in [-0.15, -0.1) is 0 Å². The van der Waals surface area contributed by atoms with Crippen molar-refractivity contribution in [1.29, 1.82) is 0 Å². The van der Waals surface area contributed by atoms with E-state index in [-0.39, 0.29) is 6.10 Å². The number of rotatable bonds is 4. The Morgan fingerprint density at radius 3 is 3.05 bits per heavy atom. The Labute approximate surface area is 113 Å². The van der Waals surface area contributed by atoms with Crippen molar-refractivity contribution in [2.45, 2.75) is 31.9 Å². The minimum absolute atomic E-state index is 0.101. The largest absolute Gasteiger partial charge is 0.373 e. The first-order valence-electron chi connectivity index (χ1n) is 6.93. The molecule has 2 heterocycles. The zero-order chi connectivity index (χ0) is 13.2. The number of aryl methyl sites for hydroxylation is 1. The maximum atomic E-state index is 5.68. The second kappa shape index (κ2) is 5.30. The Kier molecular flexibility index (Phi) is 3.52. The van der Waals surface area contributed by atoms with Crippen LogP contribution >= 0.6 is 0 Å². The van der Waals surface area contributed by atoms with Crippen LogP contribution in [0.2, 0.25) is 0 Å². The summed E-state index contributed by atoms with van der Waals surface area (Å²) in [4.78, 5) is 11.2. The second-order valence-electron chi connectivity index (χ2n) is 5.25. The molecule has 104 valence electrons. The van der Waals surface area contributed by atoms with Crippen LogP contribution in [0.1, 0.15) is 18.7 Å². The fraction of sp³-hybridized carbons (Fsp3) is 0.692. The molecule has 0 spiro atoms. The van der Waals surface area contributed by atoms with Gasteiger partial charge in [0.25, 0.3) is 0 Å². The molecule has 2 aliphatic rings. The number of ether oxygens (including phenoxy) is 1. The van der Waals surface area contributed by atoms with Crippen molar-refractivity contribution in [1.82, 2.24) is 9.97 Å². The van der Waals surface area contributed by atoms with Gasteiger partial charge in [-0.25, -0.2) is 9.97 Å². The van der Waals surface area contributed by atoms with Gasteiger partial charge in [0.15, 0.2) is 0 Å². The lowest BCUT2D eigenvalue weighted by atomic mass is 10.2. The summed E-state index contributed by atoms with van der Waals surface area (Å²) in [5.41, 5.74) is 5.68. The molecule has 0 radical (unpaired) electrons. The summed E-state index contributed by atoms with van der Waals surface area (Å²) in [6.07, 6.45) is 2.58. The normalized spacial score (nSPS) is 23.5. The van der Waals surface area contributed by atoms with Crippen molar-refractivity contribution >= 4 is 11.6 Å². The molecule has 19 heavy (non-hydrogen) atoms. The van der Waals surface area contributed by atoms with Crippen LogP contribution in [0.4, 0.5) is 11.6 Å². The van der Waals surface area contributed by atoms with Gasteiger partial charge in [-0.2, -0.15) is 0 Å². The molecule has 3 rings (SSSR count). The number of hydrogen-bond acceptors (Lipinski definition) is 6. The summed E-state index contributed by atoms with van der Waals surface area (Å²) >= 11 is 0. The number of nitrogens with two attached hydrogens (primary N) is 1. The highest BCUT2D eigenvalue weighted by atomic mass is 16.5. The lowest BCUT2D eigenvalue weighted by Crippen LogP contribution is -2.46. The molecule has 1 aromatic rings. The predicted molar refractivity (Wildman–Crippen MR) is 74.4 cm³/mol. The van der Waals surface area contributed by atoms with Crippen molar-refractivity contribution in [3.63, 3.8) is 0 Å². The van der Waals surface area contributed by atoms with Crippen molar-refractivity contribution in [3.8, 4) is 0 Å². The Morgan fingerprint density at radius 2 is 2.32 bits per heavy atom. The van der Waals surface area contributed by atoms with E-state index in [1.165, 1.54) is 12.8 Å². The van der Waals surface area contributed by atoms with Crippen LogP contribution in [0.3, 0.4) is 0 Å². The predicted octanol–water partition coefficient (Wildman–Crippen LogP) is 0.523. The molecule has 6 heteroatoms. The average molecular weight is 263 g/mol. The Hall–Kier alpha value is -1.40. The fourth-order valence-electron chi connectivity index (χ4n) is 2.29. The number of nitrogens with zero attached hydrogens (tertiary/aromatic N) is 3. The molecular formula is C13H21N5O. The smallest absolute Gasteiger partial charge is 0.134 e. The van der Waals surface area contributed by atoms with Gasteiger partial charge in [0.1, 0.15) is 17.5 Å². The number of anilines is 2. The second-order valence-corrected chi connectivity index (χ2v) is 5.25. The Morgan fingerprint density at radius 1 is 1.47 bits per heavy atom. The highest BCUT2D eigenvalue weighted by Crippen LogP contribution is 2.25. The van der Waals surface area contributed by atoms with E-state index >= 15 is 0 Å². The third kappa shape index (κ3) is 3.13. The molecule has 1 saturated heterocycles. The third-order valence-electron chi connectivity index (χ3n) is 3.48. The van der Waals surface area contributed by atoms with E-state index in [0.29, 0.717) is 19.2 Å². The van der Waals surface area contributed by atoms with Crippen LogP contribution in [0.15, 0.2) is 6.07 Å². The van der Waals surface area contributed by atoms with Gasteiger partial charge in [0, 0.05) is 31.7 Å². The van der Waals surface area contributed by atoms with Crippen LogP contribution in [0, 0.1) is 6.92 Å². The molecule has 1 atom stereocenters. The maximum Gasteiger partial charge on any atom is 0.134 e. The van der Waals surface area contributed by atoms with Crippen molar-refractivity contribution < 1.29 is 4.74 Å². The topological polar surface area (TPSA) is 76.3 Å². The molecule has 0 aromatic carbocycles. The summed E-state index contributed by atoms with van der Waals surface area (Å²) in [6.45, 7) is 4.85. The van der Waals surface area contributed by atoms with Gasteiger partial charge >= 0.3 is 0 Å². The lowest BCUT2D eigenvalue weighted by molar-refractivity contribution is 0.0463. The quantitative estimate of drug-likeness (QED) is 0.825. The highest BCUT2D eigenvalue weighted by molar-refractivity contribution is 5.50. The molecule has 1 unspecified atom stereocenters. The molecule has 6 nitrogen and oxygen atoms in total. The van der Waals surface area contributed by atoms with E-state index in [9.17, 15) is 0 Å². The van der Waals surface area contributed by atoms with Crippen LogP contribution in [-0.4, -0.2) is 48.4 Å². The van der Waals surface area contributed by atoms with Crippen LogP contribution < -0.4 is 16.0 Å². The summed E-state index contributed by atoms with van der Waals surface area (Å²) in [5, 5.41) is 3.43. The summed E-state index contributed by atoms with van der Waals surface area (Å²) < 4.78 is 5.59. The molecule has 3 N–H and O–H groups in total. The minimum atomic E-state index is 0.101. The van der Waals surface area contributed by atoms with E-state index in [0.717, 1.165) is 30.5 Å². The van der Waals surface area contributed by atoms with E-state index < -0.39 is 0 Å². The molecule has 1 saturated carbocycles. The summed E-state index contributed by atoms with van der Waals surface area (Å²) in [6, 6.07) is 2.63. The van der Waals surface area contributed by atoms with E-state index in [1.807, 2.05) is 13.0 Å². The van der Waals surface area contributed by atoms with E-state index in [1.54, 1.807) is 0 Å². The Balaban J connectivity index is 1.76. The fourth-order valence-corrected chi connectivity index (χ4v) is 2.29. The van der Waals surface area contributed by atoms with E-state index in [4.69, 9.17) is 10.5 Å². The number of morpholine rings is 1. The van der Waals surface area contributed by atoms with Crippen LogP contribution in [0.5, 0.6) is 0 Å². The lowest BCUT2D eigenvalue weighted by Gasteiger charge is -2.33. The third-order valence-corrected chi connectivity index (χ3v) is 3.48. The first-order valence-corrected chi connectivity index (χ1v) is 6.93. The monoisotopic (exact) mass is 263 g/mol. The Bertz CT molecular complexity index is 449. The molecule has 1 aliphatic carbocycles. The number of hydrogen-bond donors (Lipinski definition) is 2. The van der Waals surface area contributed by atoms with Gasteiger partial charge in [-0.05, 0) is 19.8 Å².